The minimum Gasteiger partial charge on any atom is -0.368 e. The minimum absolute atomic E-state index is 0.0933. The smallest absolute Gasteiger partial charge is 0.254 e. The van der Waals surface area contributed by atoms with Crippen molar-refractivity contribution in [2.75, 3.05) is 12.8 Å². The van der Waals surface area contributed by atoms with E-state index in [9.17, 15) is 9.59 Å². The van der Waals surface area contributed by atoms with Gasteiger partial charge < -0.3 is 10.6 Å². The van der Waals surface area contributed by atoms with Crippen LogP contribution < -0.4 is 5.73 Å². The lowest BCUT2D eigenvalue weighted by Crippen LogP contribution is -2.43. The Morgan fingerprint density at radius 3 is 2.95 bits per heavy atom. The Morgan fingerprint density at radius 2 is 2.26 bits per heavy atom. The molecule has 0 spiro atoms. The molecule has 5 heteroatoms. The molecule has 19 heavy (non-hydrogen) atoms. The van der Waals surface area contributed by atoms with Crippen molar-refractivity contribution in [3.63, 3.8) is 0 Å². The van der Waals surface area contributed by atoms with Crippen molar-refractivity contribution in [1.29, 1.82) is 0 Å². The number of likely N-dealkylation sites (tertiary alicyclic amines) is 1. The minimum atomic E-state index is -0.447. The average molecular weight is 278 g/mol. The van der Waals surface area contributed by atoms with E-state index in [-0.39, 0.29) is 5.91 Å². The highest BCUT2D eigenvalue weighted by Crippen LogP contribution is 2.21. The lowest BCUT2D eigenvalue weighted by molar-refractivity contribution is -0.121. The van der Waals surface area contributed by atoms with Gasteiger partial charge in [0.05, 0.1) is 0 Å². The number of nitrogens with two attached hydrogens (primary N) is 1. The SMILES string of the molecule is CSCc1cccc(C(=O)N2CCC[C@@H]2C(N)=O)c1. The van der Waals surface area contributed by atoms with Gasteiger partial charge in [-0.2, -0.15) is 11.8 Å². The molecule has 1 saturated heterocycles. The second-order valence-corrected chi connectivity index (χ2v) is 5.56. The molecular formula is C14H18N2O2S. The van der Waals surface area contributed by atoms with Crippen LogP contribution in [0.2, 0.25) is 0 Å². The summed E-state index contributed by atoms with van der Waals surface area (Å²) in [4.78, 5) is 25.4. The van der Waals surface area contributed by atoms with E-state index >= 15 is 0 Å². The molecule has 0 radical (unpaired) electrons. The van der Waals surface area contributed by atoms with Crippen LogP contribution in [0, 0.1) is 0 Å². The number of primary amides is 1. The maximum atomic E-state index is 12.4. The summed E-state index contributed by atoms with van der Waals surface area (Å²) in [6.45, 7) is 0.610. The molecule has 2 rings (SSSR count). The van der Waals surface area contributed by atoms with Crippen LogP contribution in [0.5, 0.6) is 0 Å². The summed E-state index contributed by atoms with van der Waals surface area (Å²) in [6, 6.07) is 7.13. The van der Waals surface area contributed by atoms with Crippen LogP contribution in [0.1, 0.15) is 28.8 Å². The number of nitrogens with zero attached hydrogens (tertiary/aromatic N) is 1. The Balaban J connectivity index is 2.19. The predicted octanol–water partition coefficient (Wildman–Crippen LogP) is 1.64. The number of amides is 2. The van der Waals surface area contributed by atoms with Crippen LogP contribution in [0.3, 0.4) is 0 Å². The molecule has 0 unspecified atom stereocenters. The summed E-state index contributed by atoms with van der Waals surface area (Å²) in [5.41, 5.74) is 7.10. The van der Waals surface area contributed by atoms with E-state index < -0.39 is 11.9 Å². The Kier molecular flexibility index (Phi) is 4.47. The molecule has 2 N–H and O–H groups in total. The zero-order valence-electron chi connectivity index (χ0n) is 11.0. The van der Waals surface area contributed by atoms with Crippen LogP contribution >= 0.6 is 11.8 Å². The monoisotopic (exact) mass is 278 g/mol. The Bertz CT molecular complexity index is 490. The van der Waals surface area contributed by atoms with Gasteiger partial charge in [0, 0.05) is 17.9 Å². The number of thioether (sulfide) groups is 1. The standard InChI is InChI=1S/C14H18N2O2S/c1-19-9-10-4-2-5-11(8-10)14(18)16-7-3-6-12(16)13(15)17/h2,4-5,8,12H,3,6-7,9H2,1H3,(H2,15,17)/t12-/m1/s1. The fourth-order valence-electron chi connectivity index (χ4n) is 2.43. The van der Waals surface area contributed by atoms with E-state index in [4.69, 9.17) is 5.73 Å². The van der Waals surface area contributed by atoms with Gasteiger partial charge in [0.15, 0.2) is 0 Å². The van der Waals surface area contributed by atoms with Crippen molar-refractivity contribution in [3.8, 4) is 0 Å². The van der Waals surface area contributed by atoms with Gasteiger partial charge in [-0.25, -0.2) is 0 Å². The van der Waals surface area contributed by atoms with Gasteiger partial charge in [-0.1, -0.05) is 12.1 Å². The fourth-order valence-corrected chi connectivity index (χ4v) is 2.95. The van der Waals surface area contributed by atoms with Gasteiger partial charge in [0.2, 0.25) is 5.91 Å². The highest BCUT2D eigenvalue weighted by atomic mass is 32.2. The summed E-state index contributed by atoms with van der Waals surface area (Å²) >= 11 is 1.71. The number of rotatable bonds is 4. The summed E-state index contributed by atoms with van der Waals surface area (Å²) in [5, 5.41) is 0. The Labute approximate surface area is 117 Å². The molecule has 0 saturated carbocycles. The van der Waals surface area contributed by atoms with Crippen LogP contribution in [0.4, 0.5) is 0 Å². The summed E-state index contributed by atoms with van der Waals surface area (Å²) in [6.07, 6.45) is 3.54. The van der Waals surface area contributed by atoms with E-state index in [0.717, 1.165) is 17.7 Å². The van der Waals surface area contributed by atoms with Crippen LogP contribution in [-0.4, -0.2) is 35.6 Å². The maximum absolute atomic E-state index is 12.4. The zero-order chi connectivity index (χ0) is 13.8. The molecule has 2 amide bonds. The predicted molar refractivity (Wildman–Crippen MR) is 76.9 cm³/mol. The number of carbonyl (C=O) groups is 2. The van der Waals surface area contributed by atoms with Gasteiger partial charge in [-0.05, 0) is 36.8 Å². The molecule has 4 nitrogen and oxygen atoms in total. The number of carbonyl (C=O) groups excluding carboxylic acids is 2. The zero-order valence-corrected chi connectivity index (χ0v) is 11.8. The van der Waals surface area contributed by atoms with Gasteiger partial charge in [-0.15, -0.1) is 0 Å². The van der Waals surface area contributed by atoms with E-state index in [2.05, 4.69) is 0 Å². The van der Waals surface area contributed by atoms with E-state index in [1.54, 1.807) is 22.7 Å². The molecule has 1 atom stereocenters. The van der Waals surface area contributed by atoms with Crippen molar-refractivity contribution in [2.24, 2.45) is 5.73 Å². The van der Waals surface area contributed by atoms with Crippen LogP contribution in [0.25, 0.3) is 0 Å². The van der Waals surface area contributed by atoms with Crippen molar-refractivity contribution in [3.05, 3.63) is 35.4 Å². The quantitative estimate of drug-likeness (QED) is 0.910. The third-order valence-electron chi connectivity index (χ3n) is 3.33. The molecule has 102 valence electrons. The fraction of sp³-hybridized carbons (Fsp3) is 0.429. The molecule has 1 heterocycles. The lowest BCUT2D eigenvalue weighted by Gasteiger charge is -2.22. The van der Waals surface area contributed by atoms with Gasteiger partial charge in [0.1, 0.15) is 6.04 Å². The third kappa shape index (κ3) is 3.10. The molecule has 1 aliphatic heterocycles. The number of hydrogen-bond donors (Lipinski definition) is 1. The molecule has 0 aliphatic carbocycles. The highest BCUT2D eigenvalue weighted by Gasteiger charge is 2.33. The average Bonchev–Trinajstić information content (AvgIpc) is 2.88. The van der Waals surface area contributed by atoms with Gasteiger partial charge >= 0.3 is 0 Å². The topological polar surface area (TPSA) is 63.4 Å². The first-order valence-electron chi connectivity index (χ1n) is 6.31. The first-order valence-corrected chi connectivity index (χ1v) is 7.71. The molecule has 1 aliphatic rings. The highest BCUT2D eigenvalue weighted by molar-refractivity contribution is 7.97. The maximum Gasteiger partial charge on any atom is 0.254 e. The molecular weight excluding hydrogens is 260 g/mol. The molecule has 1 aromatic rings. The van der Waals surface area contributed by atoms with Crippen LogP contribution in [0.15, 0.2) is 24.3 Å². The van der Waals surface area contributed by atoms with Gasteiger partial charge in [0.25, 0.3) is 5.91 Å². The van der Waals surface area contributed by atoms with Gasteiger partial charge in [-0.3, -0.25) is 9.59 Å². The van der Waals surface area contributed by atoms with Crippen molar-refractivity contribution < 1.29 is 9.59 Å². The summed E-state index contributed by atoms with van der Waals surface area (Å²) in [5.74, 6) is 0.371. The largest absolute Gasteiger partial charge is 0.368 e. The number of hydrogen-bond acceptors (Lipinski definition) is 3. The third-order valence-corrected chi connectivity index (χ3v) is 3.95. The number of benzene rings is 1. The second kappa shape index (κ2) is 6.10. The molecule has 0 bridgehead atoms. The van der Waals surface area contributed by atoms with Crippen LogP contribution in [-0.2, 0) is 10.5 Å². The normalized spacial score (nSPS) is 18.6. The first kappa shape index (κ1) is 13.9. The molecule has 1 aromatic carbocycles. The van der Waals surface area contributed by atoms with Crippen molar-refractivity contribution >= 4 is 23.6 Å². The van der Waals surface area contributed by atoms with Crippen molar-refractivity contribution in [1.82, 2.24) is 4.90 Å². The van der Waals surface area contributed by atoms with Crippen molar-refractivity contribution in [2.45, 2.75) is 24.6 Å². The lowest BCUT2D eigenvalue weighted by atomic mass is 10.1. The summed E-state index contributed by atoms with van der Waals surface area (Å²) < 4.78 is 0. The first-order chi connectivity index (χ1) is 9.13. The second-order valence-electron chi connectivity index (χ2n) is 4.69. The summed E-state index contributed by atoms with van der Waals surface area (Å²) in [7, 11) is 0. The Morgan fingerprint density at radius 1 is 1.47 bits per heavy atom. The van der Waals surface area contributed by atoms with E-state index in [1.165, 1.54) is 0 Å². The van der Waals surface area contributed by atoms with E-state index in [1.807, 2.05) is 24.5 Å². The Hall–Kier alpha value is -1.49. The molecule has 1 fully saturated rings. The van der Waals surface area contributed by atoms with E-state index in [0.29, 0.717) is 18.5 Å². The molecule has 0 aromatic heterocycles.